The van der Waals surface area contributed by atoms with E-state index in [0.717, 1.165) is 0 Å². The van der Waals surface area contributed by atoms with Gasteiger partial charge in [-0.3, -0.25) is 9.59 Å². The van der Waals surface area contributed by atoms with Gasteiger partial charge in [0.1, 0.15) is 11.8 Å². The van der Waals surface area contributed by atoms with Crippen molar-refractivity contribution in [2.45, 2.75) is 38.0 Å². The van der Waals surface area contributed by atoms with Gasteiger partial charge in [0.15, 0.2) is 6.10 Å². The van der Waals surface area contributed by atoms with Crippen molar-refractivity contribution in [3.63, 3.8) is 0 Å². The molecular weight excluding hydrogens is 340 g/mol. The van der Waals surface area contributed by atoms with E-state index in [1.54, 1.807) is 25.1 Å². The lowest BCUT2D eigenvalue weighted by Gasteiger charge is -2.33. The summed E-state index contributed by atoms with van der Waals surface area (Å²) in [7, 11) is 1.50. The van der Waals surface area contributed by atoms with Crippen molar-refractivity contribution in [3.05, 3.63) is 24.3 Å². The standard InChI is InChI=1S/C18H22N2O6/c1-11-17(22)19(13-5-3-4-6-15(13)26-11)8-7-16(21)20-10-12(25-2)9-14(20)18(23)24/h3-6,11-12,14H,7-10H2,1-2H3,(H,23,24). The van der Waals surface area contributed by atoms with Crippen LogP contribution in [0.4, 0.5) is 5.69 Å². The molecule has 140 valence electrons. The van der Waals surface area contributed by atoms with Crippen molar-refractivity contribution in [1.82, 2.24) is 4.90 Å². The van der Waals surface area contributed by atoms with E-state index < -0.39 is 18.1 Å². The Bertz CT molecular complexity index is 721. The Kier molecular flexibility index (Phi) is 5.13. The molecular formula is C18H22N2O6. The van der Waals surface area contributed by atoms with Crippen LogP contribution in [0.2, 0.25) is 0 Å². The quantitative estimate of drug-likeness (QED) is 0.836. The van der Waals surface area contributed by atoms with Crippen molar-refractivity contribution < 1.29 is 29.0 Å². The number of carboxylic acid groups (broad SMARTS) is 1. The number of aliphatic carboxylic acids is 1. The van der Waals surface area contributed by atoms with Crippen LogP contribution >= 0.6 is 0 Å². The number of rotatable bonds is 5. The second-order valence-corrected chi connectivity index (χ2v) is 6.46. The summed E-state index contributed by atoms with van der Waals surface area (Å²) in [4.78, 5) is 39.3. The van der Waals surface area contributed by atoms with Crippen molar-refractivity contribution in [3.8, 4) is 5.75 Å². The molecule has 1 saturated heterocycles. The molecule has 1 N–H and O–H groups in total. The number of carboxylic acids is 1. The maximum atomic E-state index is 12.6. The predicted molar refractivity (Wildman–Crippen MR) is 92.1 cm³/mol. The summed E-state index contributed by atoms with van der Waals surface area (Å²) in [5, 5.41) is 9.34. The van der Waals surface area contributed by atoms with Gasteiger partial charge in [0.05, 0.1) is 11.8 Å². The highest BCUT2D eigenvalue weighted by molar-refractivity contribution is 6.00. The summed E-state index contributed by atoms with van der Waals surface area (Å²) in [6.45, 7) is 2.08. The topological polar surface area (TPSA) is 96.4 Å². The van der Waals surface area contributed by atoms with E-state index in [0.29, 0.717) is 11.4 Å². The first-order valence-electron chi connectivity index (χ1n) is 8.54. The lowest BCUT2D eigenvalue weighted by molar-refractivity contribution is -0.148. The van der Waals surface area contributed by atoms with E-state index in [9.17, 15) is 19.5 Å². The second-order valence-electron chi connectivity index (χ2n) is 6.46. The number of carbonyl (C=O) groups excluding carboxylic acids is 2. The molecule has 2 amide bonds. The number of carbonyl (C=O) groups is 3. The molecule has 1 fully saturated rings. The highest BCUT2D eigenvalue weighted by atomic mass is 16.5. The van der Waals surface area contributed by atoms with Crippen LogP contribution < -0.4 is 9.64 Å². The van der Waals surface area contributed by atoms with Gasteiger partial charge in [0, 0.05) is 33.0 Å². The number of hydrogen-bond acceptors (Lipinski definition) is 5. The Morgan fingerprint density at radius 1 is 1.35 bits per heavy atom. The highest BCUT2D eigenvalue weighted by Crippen LogP contribution is 2.33. The van der Waals surface area contributed by atoms with E-state index in [2.05, 4.69) is 0 Å². The van der Waals surface area contributed by atoms with Gasteiger partial charge in [-0.05, 0) is 19.1 Å². The number of para-hydroxylation sites is 2. The third-order valence-electron chi connectivity index (χ3n) is 4.82. The smallest absolute Gasteiger partial charge is 0.326 e. The first-order valence-corrected chi connectivity index (χ1v) is 8.54. The zero-order valence-electron chi connectivity index (χ0n) is 14.8. The Labute approximate surface area is 151 Å². The molecule has 0 spiro atoms. The van der Waals surface area contributed by atoms with Gasteiger partial charge in [0.25, 0.3) is 5.91 Å². The molecule has 0 aliphatic carbocycles. The zero-order valence-corrected chi connectivity index (χ0v) is 14.8. The van der Waals surface area contributed by atoms with Crippen LogP contribution in [-0.2, 0) is 19.1 Å². The number of hydrogen-bond donors (Lipinski definition) is 1. The Balaban J connectivity index is 1.71. The zero-order chi connectivity index (χ0) is 18.8. The first-order chi connectivity index (χ1) is 12.4. The van der Waals surface area contributed by atoms with Gasteiger partial charge < -0.3 is 24.4 Å². The lowest BCUT2D eigenvalue weighted by atomic mass is 10.1. The summed E-state index contributed by atoms with van der Waals surface area (Å²) < 4.78 is 10.8. The highest BCUT2D eigenvalue weighted by Gasteiger charge is 2.40. The normalized spacial score (nSPS) is 25.0. The molecule has 2 aliphatic heterocycles. The maximum absolute atomic E-state index is 12.6. The van der Waals surface area contributed by atoms with Crippen LogP contribution in [0.5, 0.6) is 5.75 Å². The van der Waals surface area contributed by atoms with E-state index in [1.807, 2.05) is 6.07 Å². The molecule has 0 bridgehead atoms. The maximum Gasteiger partial charge on any atom is 0.326 e. The third kappa shape index (κ3) is 3.37. The lowest BCUT2D eigenvalue weighted by Crippen LogP contribution is -2.47. The molecule has 3 unspecified atom stereocenters. The molecule has 8 heteroatoms. The predicted octanol–water partition coefficient (Wildman–Crippen LogP) is 0.891. The number of nitrogens with zero attached hydrogens (tertiary/aromatic N) is 2. The molecule has 26 heavy (non-hydrogen) atoms. The van der Waals surface area contributed by atoms with Crippen molar-refractivity contribution >= 4 is 23.5 Å². The minimum Gasteiger partial charge on any atom is -0.480 e. The third-order valence-corrected chi connectivity index (χ3v) is 4.82. The minimum absolute atomic E-state index is 0.0347. The van der Waals surface area contributed by atoms with E-state index in [1.165, 1.54) is 16.9 Å². The number of fused-ring (bicyclic) bond motifs is 1. The van der Waals surface area contributed by atoms with Crippen LogP contribution in [0.25, 0.3) is 0 Å². The van der Waals surface area contributed by atoms with Gasteiger partial charge in [0.2, 0.25) is 5.91 Å². The summed E-state index contributed by atoms with van der Waals surface area (Å²) in [5.74, 6) is -0.973. The number of benzene rings is 1. The minimum atomic E-state index is -1.04. The number of likely N-dealkylation sites (tertiary alicyclic amines) is 1. The monoisotopic (exact) mass is 362 g/mol. The largest absolute Gasteiger partial charge is 0.480 e. The van der Waals surface area contributed by atoms with Crippen LogP contribution in [0.15, 0.2) is 24.3 Å². The molecule has 2 aliphatic rings. The Morgan fingerprint density at radius 2 is 2.08 bits per heavy atom. The van der Waals surface area contributed by atoms with Crippen LogP contribution in [0, 0.1) is 0 Å². The number of amides is 2. The average molecular weight is 362 g/mol. The molecule has 0 saturated carbocycles. The average Bonchev–Trinajstić information content (AvgIpc) is 3.07. The van der Waals surface area contributed by atoms with Gasteiger partial charge in [-0.2, -0.15) is 0 Å². The number of methoxy groups -OCH3 is 1. The fourth-order valence-electron chi connectivity index (χ4n) is 3.42. The fraction of sp³-hybridized carbons (Fsp3) is 0.500. The van der Waals surface area contributed by atoms with Gasteiger partial charge in [-0.1, -0.05) is 12.1 Å². The van der Waals surface area contributed by atoms with Crippen LogP contribution in [0.3, 0.4) is 0 Å². The molecule has 3 rings (SSSR count). The van der Waals surface area contributed by atoms with Gasteiger partial charge in [-0.25, -0.2) is 4.79 Å². The van der Waals surface area contributed by atoms with Gasteiger partial charge >= 0.3 is 5.97 Å². The molecule has 1 aromatic carbocycles. The summed E-state index contributed by atoms with van der Waals surface area (Å²) in [5.41, 5.74) is 0.620. The Hall–Kier alpha value is -2.61. The van der Waals surface area contributed by atoms with Crippen molar-refractivity contribution in [2.24, 2.45) is 0 Å². The van der Waals surface area contributed by atoms with Crippen LogP contribution in [-0.4, -0.2) is 66.2 Å². The molecule has 1 aromatic rings. The van der Waals surface area contributed by atoms with E-state index >= 15 is 0 Å². The molecule has 0 radical (unpaired) electrons. The second kappa shape index (κ2) is 7.33. The summed E-state index contributed by atoms with van der Waals surface area (Å²) in [6, 6.07) is 6.26. The summed E-state index contributed by atoms with van der Waals surface area (Å²) in [6.07, 6.45) is -0.608. The number of anilines is 1. The van der Waals surface area contributed by atoms with E-state index in [4.69, 9.17) is 9.47 Å². The van der Waals surface area contributed by atoms with Gasteiger partial charge in [-0.15, -0.1) is 0 Å². The van der Waals surface area contributed by atoms with Crippen molar-refractivity contribution in [1.29, 1.82) is 0 Å². The molecule has 0 aromatic heterocycles. The van der Waals surface area contributed by atoms with Crippen molar-refractivity contribution in [2.75, 3.05) is 25.1 Å². The fourth-order valence-corrected chi connectivity index (χ4v) is 3.42. The molecule has 3 atom stereocenters. The first kappa shape index (κ1) is 18.2. The summed E-state index contributed by atoms with van der Waals surface area (Å²) >= 11 is 0. The molecule has 2 heterocycles. The number of ether oxygens (including phenoxy) is 2. The molecule has 8 nitrogen and oxygen atoms in total. The Morgan fingerprint density at radius 3 is 2.77 bits per heavy atom. The SMILES string of the molecule is COC1CC(C(=O)O)N(C(=O)CCN2C(=O)C(C)Oc3ccccc32)C1. The van der Waals surface area contributed by atoms with Crippen LogP contribution in [0.1, 0.15) is 19.8 Å². The van der Waals surface area contributed by atoms with E-state index in [-0.39, 0.29) is 43.8 Å².